The highest BCUT2D eigenvalue weighted by atomic mass is 16.2. The fourth-order valence-corrected chi connectivity index (χ4v) is 4.36. The SMILES string of the molecule is C[C@H](NC(=O)Nc1ccc2cc3ccc(NC(=O)N[C@@H](C)c4ccccc4)cc3nc2c1)c1ccccc1. The summed E-state index contributed by atoms with van der Waals surface area (Å²) < 4.78 is 0. The molecule has 1 heterocycles. The van der Waals surface area contributed by atoms with E-state index in [1.807, 2.05) is 117 Å². The topological polar surface area (TPSA) is 95.2 Å². The van der Waals surface area contributed by atoms with E-state index in [9.17, 15) is 9.59 Å². The van der Waals surface area contributed by atoms with Gasteiger partial charge in [-0.25, -0.2) is 14.6 Å². The molecule has 0 aliphatic carbocycles. The minimum Gasteiger partial charge on any atom is -0.331 e. The standard InChI is InChI=1S/C31H29N5O2/c1-20(22-9-5-3-6-10-22)32-30(37)34-26-15-13-24-17-25-14-16-27(19-29(25)36-28(24)18-26)35-31(38)33-21(2)23-11-7-4-8-12-23/h3-21H,1-2H3,(H2,32,34,37)(H2,33,35,38)/t20-,21-/m0/s1. The lowest BCUT2D eigenvalue weighted by atomic mass is 10.1. The second-order valence-electron chi connectivity index (χ2n) is 9.26. The summed E-state index contributed by atoms with van der Waals surface area (Å²) in [6, 6.07) is 32.1. The molecule has 5 aromatic rings. The number of benzene rings is 4. The predicted octanol–water partition coefficient (Wildman–Crippen LogP) is 7.15. The highest BCUT2D eigenvalue weighted by molar-refractivity contribution is 5.98. The van der Waals surface area contributed by atoms with E-state index in [-0.39, 0.29) is 24.1 Å². The van der Waals surface area contributed by atoms with Crippen LogP contribution in [0.15, 0.2) is 103 Å². The normalized spacial score (nSPS) is 12.5. The number of hydrogen-bond acceptors (Lipinski definition) is 3. The first-order valence-electron chi connectivity index (χ1n) is 12.5. The number of nitrogens with one attached hydrogen (secondary N) is 4. The molecule has 0 radical (unpaired) electrons. The molecule has 0 saturated heterocycles. The van der Waals surface area contributed by atoms with Gasteiger partial charge in [-0.15, -0.1) is 0 Å². The number of hydrogen-bond donors (Lipinski definition) is 4. The smallest absolute Gasteiger partial charge is 0.319 e. The van der Waals surface area contributed by atoms with Gasteiger partial charge in [-0.1, -0.05) is 72.8 Å². The van der Waals surface area contributed by atoms with Gasteiger partial charge in [0.1, 0.15) is 0 Å². The first-order valence-corrected chi connectivity index (χ1v) is 12.5. The highest BCUT2D eigenvalue weighted by Gasteiger charge is 2.12. The molecule has 2 atom stereocenters. The second kappa shape index (κ2) is 11.0. The van der Waals surface area contributed by atoms with Crippen molar-refractivity contribution in [1.29, 1.82) is 0 Å². The number of carbonyl (C=O) groups excluding carboxylic acids is 2. The van der Waals surface area contributed by atoms with E-state index in [0.717, 1.165) is 32.9 Å². The van der Waals surface area contributed by atoms with Crippen molar-refractivity contribution in [3.8, 4) is 0 Å². The zero-order valence-corrected chi connectivity index (χ0v) is 21.2. The highest BCUT2D eigenvalue weighted by Crippen LogP contribution is 2.25. The van der Waals surface area contributed by atoms with Crippen molar-refractivity contribution in [1.82, 2.24) is 15.6 Å². The first kappa shape index (κ1) is 24.8. The van der Waals surface area contributed by atoms with E-state index in [1.54, 1.807) is 0 Å². The van der Waals surface area contributed by atoms with Gasteiger partial charge in [0, 0.05) is 22.1 Å². The minimum absolute atomic E-state index is 0.127. The quantitative estimate of drug-likeness (QED) is 0.185. The first-order chi connectivity index (χ1) is 18.4. The van der Waals surface area contributed by atoms with Gasteiger partial charge in [0.2, 0.25) is 0 Å². The zero-order chi connectivity index (χ0) is 26.5. The van der Waals surface area contributed by atoms with Crippen molar-refractivity contribution in [2.24, 2.45) is 0 Å². The Morgan fingerprint density at radius 2 is 1.00 bits per heavy atom. The number of urea groups is 2. The molecule has 4 aromatic carbocycles. The van der Waals surface area contributed by atoms with Gasteiger partial charge in [0.05, 0.1) is 23.1 Å². The van der Waals surface area contributed by atoms with Crippen LogP contribution in [-0.2, 0) is 0 Å². The maximum Gasteiger partial charge on any atom is 0.319 e. The van der Waals surface area contributed by atoms with Crippen molar-refractivity contribution >= 4 is 45.2 Å². The Bertz CT molecular complexity index is 1470. The van der Waals surface area contributed by atoms with Crippen molar-refractivity contribution in [2.45, 2.75) is 25.9 Å². The summed E-state index contributed by atoms with van der Waals surface area (Å²) in [7, 11) is 0. The average Bonchev–Trinajstić information content (AvgIpc) is 2.92. The molecule has 7 nitrogen and oxygen atoms in total. The fraction of sp³-hybridized carbons (Fsp3) is 0.129. The Kier molecular flexibility index (Phi) is 7.17. The number of nitrogens with zero attached hydrogens (tertiary/aromatic N) is 1. The largest absolute Gasteiger partial charge is 0.331 e. The molecular weight excluding hydrogens is 474 g/mol. The molecule has 0 saturated carbocycles. The summed E-state index contributed by atoms with van der Waals surface area (Å²) in [5.74, 6) is 0. The minimum atomic E-state index is -0.288. The van der Waals surface area contributed by atoms with Gasteiger partial charge in [-0.2, -0.15) is 0 Å². The van der Waals surface area contributed by atoms with E-state index in [4.69, 9.17) is 4.98 Å². The molecule has 7 heteroatoms. The fourth-order valence-electron chi connectivity index (χ4n) is 4.36. The Morgan fingerprint density at radius 3 is 1.42 bits per heavy atom. The van der Waals surface area contributed by atoms with Crippen LogP contribution >= 0.6 is 0 Å². The van der Waals surface area contributed by atoms with Crippen molar-refractivity contribution in [3.05, 3.63) is 114 Å². The van der Waals surface area contributed by atoms with Crippen molar-refractivity contribution in [3.63, 3.8) is 0 Å². The molecule has 0 fully saturated rings. The summed E-state index contributed by atoms with van der Waals surface area (Å²) in [6.45, 7) is 3.88. The van der Waals surface area contributed by atoms with Crippen LogP contribution in [0.25, 0.3) is 21.8 Å². The van der Waals surface area contributed by atoms with Gasteiger partial charge in [0.15, 0.2) is 0 Å². The Balaban J connectivity index is 1.28. The zero-order valence-electron chi connectivity index (χ0n) is 21.2. The van der Waals surface area contributed by atoms with E-state index in [0.29, 0.717) is 11.4 Å². The molecule has 0 aliphatic rings. The van der Waals surface area contributed by atoms with Crippen LogP contribution < -0.4 is 21.3 Å². The third kappa shape index (κ3) is 5.90. The number of anilines is 2. The molecular formula is C31H29N5O2. The van der Waals surface area contributed by atoms with E-state index in [2.05, 4.69) is 21.3 Å². The molecule has 1 aromatic heterocycles. The van der Waals surface area contributed by atoms with Crippen LogP contribution in [0.3, 0.4) is 0 Å². The summed E-state index contributed by atoms with van der Waals surface area (Å²) in [5.41, 5.74) is 4.83. The number of aromatic nitrogens is 1. The lowest BCUT2D eigenvalue weighted by Crippen LogP contribution is -2.31. The maximum absolute atomic E-state index is 12.6. The van der Waals surface area contributed by atoms with Crippen LogP contribution in [0.2, 0.25) is 0 Å². The molecule has 0 bridgehead atoms. The second-order valence-corrected chi connectivity index (χ2v) is 9.26. The molecule has 190 valence electrons. The number of carbonyl (C=O) groups is 2. The van der Waals surface area contributed by atoms with Crippen LogP contribution in [0.5, 0.6) is 0 Å². The van der Waals surface area contributed by atoms with E-state index >= 15 is 0 Å². The predicted molar refractivity (Wildman–Crippen MR) is 153 cm³/mol. The lowest BCUT2D eigenvalue weighted by molar-refractivity contribution is 0.248. The third-order valence-electron chi connectivity index (χ3n) is 6.42. The van der Waals surface area contributed by atoms with Gasteiger partial charge in [-0.05, 0) is 55.3 Å². The van der Waals surface area contributed by atoms with Crippen LogP contribution in [0.4, 0.5) is 21.0 Å². The third-order valence-corrected chi connectivity index (χ3v) is 6.42. The summed E-state index contributed by atoms with van der Waals surface area (Å²) in [4.78, 5) is 29.9. The van der Waals surface area contributed by atoms with Crippen molar-refractivity contribution < 1.29 is 9.59 Å². The van der Waals surface area contributed by atoms with Crippen LogP contribution in [0, 0.1) is 0 Å². The summed E-state index contributed by atoms with van der Waals surface area (Å²) in [6.07, 6.45) is 0. The van der Waals surface area contributed by atoms with Gasteiger partial charge in [-0.3, -0.25) is 0 Å². The monoisotopic (exact) mass is 503 g/mol. The lowest BCUT2D eigenvalue weighted by Gasteiger charge is -2.15. The molecule has 5 rings (SSSR count). The van der Waals surface area contributed by atoms with E-state index < -0.39 is 0 Å². The molecule has 0 spiro atoms. The van der Waals surface area contributed by atoms with Crippen LogP contribution in [0.1, 0.15) is 37.1 Å². The van der Waals surface area contributed by atoms with Crippen molar-refractivity contribution in [2.75, 3.05) is 10.6 Å². The van der Waals surface area contributed by atoms with Crippen LogP contribution in [-0.4, -0.2) is 17.0 Å². The Hall–Kier alpha value is -4.91. The van der Waals surface area contributed by atoms with Gasteiger partial charge < -0.3 is 21.3 Å². The van der Waals surface area contributed by atoms with E-state index in [1.165, 1.54) is 0 Å². The molecule has 4 amide bonds. The summed E-state index contributed by atoms with van der Waals surface area (Å²) >= 11 is 0. The summed E-state index contributed by atoms with van der Waals surface area (Å²) in [5, 5.41) is 13.6. The molecule has 0 unspecified atom stereocenters. The number of amides is 4. The maximum atomic E-state index is 12.6. The molecule has 4 N–H and O–H groups in total. The Morgan fingerprint density at radius 1 is 0.579 bits per heavy atom. The Labute approximate surface area is 221 Å². The number of rotatable bonds is 6. The van der Waals surface area contributed by atoms with Gasteiger partial charge in [0.25, 0.3) is 0 Å². The molecule has 0 aliphatic heterocycles. The van der Waals surface area contributed by atoms with Gasteiger partial charge >= 0.3 is 12.1 Å². The number of pyridine rings is 1. The average molecular weight is 504 g/mol. The number of fused-ring (bicyclic) bond motifs is 2. The molecule has 38 heavy (non-hydrogen) atoms.